The zero-order valence-corrected chi connectivity index (χ0v) is 16.4. The molecule has 2 N–H and O–H groups in total. The lowest BCUT2D eigenvalue weighted by Crippen LogP contribution is -2.35. The van der Waals surface area contributed by atoms with Crippen LogP contribution in [0.5, 0.6) is 0 Å². The zero-order valence-electron chi connectivity index (χ0n) is 16.4. The van der Waals surface area contributed by atoms with Crippen LogP contribution < -0.4 is 10.6 Å². The Labute approximate surface area is 166 Å². The molecule has 0 saturated carbocycles. The molecule has 1 heterocycles. The molecule has 28 heavy (non-hydrogen) atoms. The molecular weight excluding hydrogens is 360 g/mol. The molecule has 1 unspecified atom stereocenters. The van der Waals surface area contributed by atoms with Crippen LogP contribution in [0.2, 0.25) is 0 Å². The second kappa shape index (κ2) is 12.1. The SMILES string of the molecule is CCCC(CCNC(=O)OCc1ccccc1)C(=O)COC(=O)[C@@H]1CCCN1. The molecule has 1 aromatic carbocycles. The van der Waals surface area contributed by atoms with Gasteiger partial charge in [-0.1, -0.05) is 43.7 Å². The van der Waals surface area contributed by atoms with E-state index in [9.17, 15) is 14.4 Å². The minimum Gasteiger partial charge on any atom is -0.457 e. The van der Waals surface area contributed by atoms with Crippen molar-refractivity contribution < 1.29 is 23.9 Å². The molecule has 154 valence electrons. The van der Waals surface area contributed by atoms with Crippen molar-refractivity contribution in [2.24, 2.45) is 5.92 Å². The summed E-state index contributed by atoms with van der Waals surface area (Å²) in [6, 6.07) is 9.13. The molecule has 1 amide bonds. The van der Waals surface area contributed by atoms with Crippen LogP contribution in [0.25, 0.3) is 0 Å². The summed E-state index contributed by atoms with van der Waals surface area (Å²) in [5.41, 5.74) is 0.912. The van der Waals surface area contributed by atoms with E-state index in [4.69, 9.17) is 9.47 Å². The van der Waals surface area contributed by atoms with Crippen molar-refractivity contribution in [3.05, 3.63) is 35.9 Å². The number of nitrogens with one attached hydrogen (secondary N) is 2. The quantitative estimate of drug-likeness (QED) is 0.564. The van der Waals surface area contributed by atoms with Gasteiger partial charge in [-0.05, 0) is 37.8 Å². The van der Waals surface area contributed by atoms with Gasteiger partial charge in [0.05, 0.1) is 0 Å². The Bertz CT molecular complexity index is 629. The second-order valence-corrected chi connectivity index (χ2v) is 6.99. The van der Waals surface area contributed by atoms with Gasteiger partial charge in [-0.15, -0.1) is 0 Å². The molecule has 2 rings (SSSR count). The largest absolute Gasteiger partial charge is 0.457 e. The molecule has 1 aliphatic heterocycles. The van der Waals surface area contributed by atoms with E-state index in [0.29, 0.717) is 19.4 Å². The van der Waals surface area contributed by atoms with Crippen LogP contribution in [0.1, 0.15) is 44.6 Å². The smallest absolute Gasteiger partial charge is 0.407 e. The number of rotatable bonds is 11. The molecular formula is C21H30N2O5. The maximum absolute atomic E-state index is 12.4. The fraction of sp³-hybridized carbons (Fsp3) is 0.571. The van der Waals surface area contributed by atoms with Crippen LogP contribution >= 0.6 is 0 Å². The Morgan fingerprint density at radius 2 is 1.96 bits per heavy atom. The molecule has 0 aromatic heterocycles. The fourth-order valence-electron chi connectivity index (χ4n) is 3.18. The number of Topliss-reactive ketones (excluding diaryl/α,β-unsaturated/α-hetero) is 1. The minimum absolute atomic E-state index is 0.104. The predicted octanol–water partition coefficient (Wildman–Crippen LogP) is 2.58. The zero-order chi connectivity index (χ0) is 20.2. The van der Waals surface area contributed by atoms with Crippen molar-refractivity contribution in [3.8, 4) is 0 Å². The van der Waals surface area contributed by atoms with Crippen LogP contribution in [-0.2, 0) is 25.7 Å². The van der Waals surface area contributed by atoms with Gasteiger partial charge in [0.1, 0.15) is 19.3 Å². The van der Waals surface area contributed by atoms with Gasteiger partial charge in [0.2, 0.25) is 0 Å². The average molecular weight is 390 g/mol. The third-order valence-corrected chi connectivity index (χ3v) is 4.77. The van der Waals surface area contributed by atoms with Crippen LogP contribution in [0.3, 0.4) is 0 Å². The molecule has 2 atom stereocenters. The lowest BCUT2D eigenvalue weighted by atomic mass is 9.95. The van der Waals surface area contributed by atoms with Gasteiger partial charge in [-0.3, -0.25) is 9.59 Å². The predicted molar refractivity (Wildman–Crippen MR) is 105 cm³/mol. The molecule has 1 saturated heterocycles. The molecule has 7 heteroatoms. The summed E-state index contributed by atoms with van der Waals surface area (Å²) >= 11 is 0. The highest BCUT2D eigenvalue weighted by atomic mass is 16.5. The Morgan fingerprint density at radius 3 is 2.64 bits per heavy atom. The molecule has 0 spiro atoms. The van der Waals surface area contributed by atoms with E-state index >= 15 is 0 Å². The Kier molecular flexibility index (Phi) is 9.48. The van der Waals surface area contributed by atoms with Crippen LogP contribution in [0, 0.1) is 5.92 Å². The summed E-state index contributed by atoms with van der Waals surface area (Å²) < 4.78 is 10.3. The van der Waals surface area contributed by atoms with Gasteiger partial charge in [-0.2, -0.15) is 0 Å². The molecule has 7 nitrogen and oxygen atoms in total. The minimum atomic E-state index is -0.509. The first kappa shape index (κ1) is 21.9. The van der Waals surface area contributed by atoms with Crippen molar-refractivity contribution in [3.63, 3.8) is 0 Å². The first-order chi connectivity index (χ1) is 13.6. The standard InChI is InChI=1S/C21H30N2O5/c1-2-7-17(19(24)15-27-20(25)18-10-6-12-22-18)11-13-23-21(26)28-14-16-8-4-3-5-9-16/h3-5,8-9,17-18,22H,2,6-7,10-15H2,1H3,(H,23,26)/t17?,18-/m0/s1. The Balaban J connectivity index is 1.66. The molecule has 0 bridgehead atoms. The van der Waals surface area contributed by atoms with Crippen molar-refractivity contribution in [1.29, 1.82) is 0 Å². The lowest BCUT2D eigenvalue weighted by molar-refractivity contribution is -0.150. The number of alkyl carbamates (subject to hydrolysis) is 1. The van der Waals surface area contributed by atoms with Crippen LogP contribution in [0.15, 0.2) is 30.3 Å². The van der Waals surface area contributed by atoms with Crippen molar-refractivity contribution in [1.82, 2.24) is 10.6 Å². The summed E-state index contributed by atoms with van der Waals surface area (Å²) in [6.07, 6.45) is 3.21. The number of esters is 1. The number of amides is 1. The fourth-order valence-corrected chi connectivity index (χ4v) is 3.18. The highest BCUT2D eigenvalue weighted by molar-refractivity contribution is 5.85. The van der Waals surface area contributed by atoms with Crippen molar-refractivity contribution in [2.75, 3.05) is 19.7 Å². The van der Waals surface area contributed by atoms with E-state index in [-0.39, 0.29) is 36.9 Å². The van der Waals surface area contributed by atoms with E-state index in [1.807, 2.05) is 37.3 Å². The Hall–Kier alpha value is -2.41. The first-order valence-corrected chi connectivity index (χ1v) is 9.97. The summed E-state index contributed by atoms with van der Waals surface area (Å²) in [7, 11) is 0. The number of hydrogen-bond donors (Lipinski definition) is 2. The number of ketones is 1. The van der Waals surface area contributed by atoms with Crippen molar-refractivity contribution in [2.45, 2.75) is 51.7 Å². The molecule has 1 fully saturated rings. The molecule has 0 aliphatic carbocycles. The molecule has 1 aromatic rings. The molecule has 1 aliphatic rings. The van der Waals surface area contributed by atoms with Crippen LogP contribution in [-0.4, -0.2) is 43.6 Å². The number of carbonyl (C=O) groups is 3. The first-order valence-electron chi connectivity index (χ1n) is 9.97. The van der Waals surface area contributed by atoms with Gasteiger partial charge >= 0.3 is 12.1 Å². The van der Waals surface area contributed by atoms with E-state index < -0.39 is 6.09 Å². The maximum atomic E-state index is 12.4. The summed E-state index contributed by atoms with van der Waals surface area (Å²) in [6.45, 7) is 3.13. The highest BCUT2D eigenvalue weighted by Crippen LogP contribution is 2.13. The van der Waals surface area contributed by atoms with E-state index in [1.54, 1.807) is 0 Å². The molecule has 0 radical (unpaired) electrons. The summed E-state index contributed by atoms with van der Waals surface area (Å²) in [5.74, 6) is -0.708. The van der Waals surface area contributed by atoms with Gasteiger partial charge in [-0.25, -0.2) is 4.79 Å². The third-order valence-electron chi connectivity index (χ3n) is 4.77. The van der Waals surface area contributed by atoms with Gasteiger partial charge in [0, 0.05) is 12.5 Å². The number of benzene rings is 1. The van der Waals surface area contributed by atoms with E-state index in [2.05, 4.69) is 10.6 Å². The highest BCUT2D eigenvalue weighted by Gasteiger charge is 2.25. The van der Waals surface area contributed by atoms with Gasteiger partial charge in [0.25, 0.3) is 0 Å². The third kappa shape index (κ3) is 7.68. The summed E-state index contributed by atoms with van der Waals surface area (Å²) in [4.78, 5) is 36.1. The maximum Gasteiger partial charge on any atom is 0.407 e. The number of carbonyl (C=O) groups excluding carboxylic acids is 3. The Morgan fingerprint density at radius 1 is 1.18 bits per heavy atom. The summed E-state index contributed by atoms with van der Waals surface area (Å²) in [5, 5.41) is 5.73. The topological polar surface area (TPSA) is 93.7 Å². The average Bonchev–Trinajstić information content (AvgIpc) is 3.25. The number of hydrogen-bond acceptors (Lipinski definition) is 6. The van der Waals surface area contributed by atoms with Crippen molar-refractivity contribution >= 4 is 17.8 Å². The second-order valence-electron chi connectivity index (χ2n) is 6.99. The lowest BCUT2D eigenvalue weighted by Gasteiger charge is -2.16. The normalized spacial score (nSPS) is 17.0. The van der Waals surface area contributed by atoms with Gasteiger partial charge in [0.15, 0.2) is 5.78 Å². The van der Waals surface area contributed by atoms with Gasteiger partial charge < -0.3 is 20.1 Å². The monoisotopic (exact) mass is 390 g/mol. The van der Waals surface area contributed by atoms with Crippen LogP contribution in [0.4, 0.5) is 4.79 Å². The van der Waals surface area contributed by atoms with E-state index in [1.165, 1.54) is 0 Å². The number of ether oxygens (including phenoxy) is 2. The van der Waals surface area contributed by atoms with E-state index in [0.717, 1.165) is 31.4 Å².